The summed E-state index contributed by atoms with van der Waals surface area (Å²) in [6, 6.07) is 12.3. The largest absolute Gasteiger partial charge is 0.492 e. The molecule has 0 aliphatic heterocycles. The maximum absolute atomic E-state index is 12.4. The molecule has 0 bridgehead atoms. The molecule has 8 nitrogen and oxygen atoms in total. The van der Waals surface area contributed by atoms with E-state index in [2.05, 4.69) is 58.9 Å². The Kier molecular flexibility index (Phi) is 8.00. The predicted molar refractivity (Wildman–Crippen MR) is 171 cm³/mol. The van der Waals surface area contributed by atoms with Crippen LogP contribution in [-0.4, -0.2) is 57.8 Å². The lowest BCUT2D eigenvalue weighted by molar-refractivity contribution is -0.111. The van der Waals surface area contributed by atoms with E-state index in [1.165, 1.54) is 6.08 Å². The first-order valence-electron chi connectivity index (χ1n) is 14.0. The van der Waals surface area contributed by atoms with Gasteiger partial charge in [-0.1, -0.05) is 18.7 Å². The molecule has 2 N–H and O–H groups in total. The first-order valence-corrected chi connectivity index (χ1v) is 14.0. The molecule has 0 spiro atoms. The van der Waals surface area contributed by atoms with Crippen LogP contribution in [0.25, 0.3) is 44.5 Å². The van der Waals surface area contributed by atoms with Gasteiger partial charge in [0.05, 0.1) is 11.9 Å². The van der Waals surface area contributed by atoms with Crippen molar-refractivity contribution in [2.45, 2.75) is 27.7 Å². The highest BCUT2D eigenvalue weighted by Crippen LogP contribution is 2.44. The van der Waals surface area contributed by atoms with Crippen molar-refractivity contribution in [2.75, 3.05) is 32.6 Å². The number of aromatic nitrogens is 4. The smallest absolute Gasteiger partial charge is 0.247 e. The predicted octanol–water partition coefficient (Wildman–Crippen LogP) is 6.60. The number of H-pyrrole nitrogens is 1. The van der Waals surface area contributed by atoms with Crippen molar-refractivity contribution in [1.29, 1.82) is 0 Å². The fraction of sp³-hybridized carbons (Fsp3) is 0.265. The number of hydrogen-bond acceptors (Lipinski definition) is 5. The molecule has 0 saturated carbocycles. The second kappa shape index (κ2) is 11.7. The number of aromatic amines is 1. The molecule has 3 heterocycles. The number of rotatable bonds is 9. The van der Waals surface area contributed by atoms with E-state index in [0.717, 1.165) is 84.9 Å². The van der Waals surface area contributed by atoms with Crippen molar-refractivity contribution in [2.24, 2.45) is 7.05 Å². The molecule has 0 radical (unpaired) electrons. The van der Waals surface area contributed by atoms with E-state index in [1.807, 2.05) is 70.3 Å². The molecular weight excluding hydrogens is 524 g/mol. The first kappa shape index (κ1) is 28.8. The van der Waals surface area contributed by atoms with Gasteiger partial charge in [-0.05, 0) is 99.9 Å². The molecule has 216 valence electrons. The maximum Gasteiger partial charge on any atom is 0.247 e. The van der Waals surface area contributed by atoms with Gasteiger partial charge in [0.2, 0.25) is 5.91 Å². The second-order valence-electron chi connectivity index (χ2n) is 11.0. The van der Waals surface area contributed by atoms with Gasteiger partial charge in [0.25, 0.3) is 0 Å². The fourth-order valence-electron chi connectivity index (χ4n) is 5.38. The number of pyridine rings is 1. The van der Waals surface area contributed by atoms with Crippen LogP contribution in [0.4, 0.5) is 5.69 Å². The summed E-state index contributed by atoms with van der Waals surface area (Å²) >= 11 is 0. The lowest BCUT2D eigenvalue weighted by Crippen LogP contribution is -2.19. The van der Waals surface area contributed by atoms with Gasteiger partial charge in [0.15, 0.2) is 0 Å². The average molecular weight is 563 g/mol. The molecule has 3 aromatic heterocycles. The van der Waals surface area contributed by atoms with Crippen molar-refractivity contribution < 1.29 is 9.53 Å². The van der Waals surface area contributed by atoms with Crippen molar-refractivity contribution in [1.82, 2.24) is 24.6 Å². The molecule has 8 heteroatoms. The van der Waals surface area contributed by atoms with E-state index in [-0.39, 0.29) is 5.91 Å². The minimum Gasteiger partial charge on any atom is -0.492 e. The number of carbonyl (C=O) groups excluding carboxylic acids is 1. The molecule has 1 amide bonds. The van der Waals surface area contributed by atoms with E-state index < -0.39 is 0 Å². The molecule has 0 saturated heterocycles. The standard InChI is InChI=1S/C34H38N6O2/c1-9-29(41)37-32-20(2)10-15-26(22(32)4)31-30-21(3)27(28-19-36-40(8)23(28)5)18-35-34(30)38-33(31)24-11-13-25(14-12-24)42-17-16-39(6)7/h9-15,18-19H,1,16-17H2,2-8H3,(H,35,38)(H,37,41). The Morgan fingerprint density at radius 2 is 1.76 bits per heavy atom. The number of nitrogens with one attached hydrogen (secondary N) is 2. The Bertz CT molecular complexity index is 1790. The normalized spacial score (nSPS) is 11.3. The van der Waals surface area contributed by atoms with Crippen LogP contribution in [0.2, 0.25) is 0 Å². The van der Waals surface area contributed by atoms with Gasteiger partial charge in [-0.15, -0.1) is 0 Å². The number of aryl methyl sites for hydroxylation is 3. The number of likely N-dealkylation sites (N-methyl/N-ethyl adjacent to an activating group) is 1. The molecule has 2 aromatic carbocycles. The molecular formula is C34H38N6O2. The minimum absolute atomic E-state index is 0.241. The number of fused-ring (bicyclic) bond motifs is 1. The van der Waals surface area contributed by atoms with Crippen LogP contribution >= 0.6 is 0 Å². The number of carbonyl (C=O) groups is 1. The second-order valence-corrected chi connectivity index (χ2v) is 11.0. The summed E-state index contributed by atoms with van der Waals surface area (Å²) in [7, 11) is 6.01. The summed E-state index contributed by atoms with van der Waals surface area (Å²) in [4.78, 5) is 23.0. The van der Waals surface area contributed by atoms with Crippen LogP contribution in [0.1, 0.15) is 22.4 Å². The molecule has 0 unspecified atom stereocenters. The quantitative estimate of drug-likeness (QED) is 0.198. The molecule has 0 aliphatic carbocycles. The van der Waals surface area contributed by atoms with Gasteiger partial charge >= 0.3 is 0 Å². The zero-order chi connectivity index (χ0) is 30.1. The van der Waals surface area contributed by atoms with E-state index >= 15 is 0 Å². The molecule has 42 heavy (non-hydrogen) atoms. The summed E-state index contributed by atoms with van der Waals surface area (Å²) < 4.78 is 7.83. The highest BCUT2D eigenvalue weighted by Gasteiger charge is 2.23. The number of hydrogen-bond donors (Lipinski definition) is 2. The molecule has 0 atom stereocenters. The lowest BCUT2D eigenvalue weighted by Gasteiger charge is -2.17. The SMILES string of the molecule is C=CC(=O)Nc1c(C)ccc(-c2c(-c3ccc(OCCN(C)C)cc3)[nH]c3ncc(-c4cnn(C)c4C)c(C)c23)c1C. The topological polar surface area (TPSA) is 88.1 Å². The van der Waals surface area contributed by atoms with Gasteiger partial charge in [-0.25, -0.2) is 4.98 Å². The highest BCUT2D eigenvalue weighted by molar-refractivity contribution is 6.08. The van der Waals surface area contributed by atoms with Gasteiger partial charge < -0.3 is 19.9 Å². The fourth-order valence-corrected chi connectivity index (χ4v) is 5.38. The zero-order valence-corrected chi connectivity index (χ0v) is 25.4. The van der Waals surface area contributed by atoms with Gasteiger partial charge in [-0.3, -0.25) is 9.48 Å². The van der Waals surface area contributed by atoms with Gasteiger partial charge in [0, 0.05) is 53.2 Å². The van der Waals surface area contributed by atoms with Crippen molar-refractivity contribution >= 4 is 22.6 Å². The Balaban J connectivity index is 1.73. The number of anilines is 1. The lowest BCUT2D eigenvalue weighted by atomic mass is 9.90. The van der Waals surface area contributed by atoms with E-state index in [4.69, 9.17) is 9.72 Å². The Labute approximate surface area is 247 Å². The summed E-state index contributed by atoms with van der Waals surface area (Å²) in [6.45, 7) is 13.3. The van der Waals surface area contributed by atoms with E-state index in [0.29, 0.717) is 6.61 Å². The summed E-state index contributed by atoms with van der Waals surface area (Å²) in [6.07, 6.45) is 5.11. The van der Waals surface area contributed by atoms with Crippen LogP contribution in [0.5, 0.6) is 5.75 Å². The van der Waals surface area contributed by atoms with Gasteiger partial charge in [-0.2, -0.15) is 5.10 Å². The van der Waals surface area contributed by atoms with Crippen molar-refractivity contribution in [3.05, 3.63) is 83.8 Å². The Hall–Kier alpha value is -4.69. The zero-order valence-electron chi connectivity index (χ0n) is 25.4. The molecule has 5 aromatic rings. The average Bonchev–Trinajstić information content (AvgIpc) is 3.51. The monoisotopic (exact) mass is 562 g/mol. The van der Waals surface area contributed by atoms with Crippen LogP contribution < -0.4 is 10.1 Å². The van der Waals surface area contributed by atoms with Crippen LogP contribution in [0.3, 0.4) is 0 Å². The number of nitrogens with zero attached hydrogens (tertiary/aromatic N) is 4. The van der Waals surface area contributed by atoms with Crippen molar-refractivity contribution in [3.8, 4) is 39.3 Å². The summed E-state index contributed by atoms with van der Waals surface area (Å²) in [5.41, 5.74) is 11.8. The summed E-state index contributed by atoms with van der Waals surface area (Å²) in [5.74, 6) is 0.581. The first-order chi connectivity index (χ1) is 20.1. The Morgan fingerprint density at radius 1 is 1.02 bits per heavy atom. The summed E-state index contributed by atoms with van der Waals surface area (Å²) in [5, 5.41) is 8.53. The van der Waals surface area contributed by atoms with Gasteiger partial charge in [0.1, 0.15) is 18.0 Å². The third-order valence-electron chi connectivity index (χ3n) is 7.93. The van der Waals surface area contributed by atoms with Crippen LogP contribution in [0, 0.1) is 27.7 Å². The van der Waals surface area contributed by atoms with E-state index in [1.54, 1.807) is 0 Å². The maximum atomic E-state index is 12.4. The molecule has 5 rings (SSSR count). The third kappa shape index (κ3) is 5.33. The van der Waals surface area contributed by atoms with Crippen molar-refractivity contribution in [3.63, 3.8) is 0 Å². The number of benzene rings is 2. The Morgan fingerprint density at radius 3 is 2.40 bits per heavy atom. The van der Waals surface area contributed by atoms with Crippen LogP contribution in [-0.2, 0) is 11.8 Å². The van der Waals surface area contributed by atoms with E-state index in [9.17, 15) is 4.79 Å². The number of amides is 1. The van der Waals surface area contributed by atoms with Crippen LogP contribution in [0.15, 0.2) is 61.4 Å². The number of ether oxygens (including phenoxy) is 1. The third-order valence-corrected chi connectivity index (χ3v) is 7.93. The molecule has 0 aliphatic rings. The molecule has 0 fully saturated rings. The minimum atomic E-state index is -0.241. The highest BCUT2D eigenvalue weighted by atomic mass is 16.5.